The number of nitrogens with one attached hydrogen (secondary N) is 1. The van der Waals surface area contributed by atoms with E-state index in [1.165, 1.54) is 17.2 Å². The SMILES string of the molecule is CCNC(=O)c1noc(-c2cc(C(C)C)c(O)cc2O)c1-c1ccc2c(c1)C1CC[C@H]2N1C(C)C. The smallest absolute Gasteiger partial charge is 0.274 e. The molecule has 3 heterocycles. The van der Waals surface area contributed by atoms with Crippen molar-refractivity contribution in [3.8, 4) is 33.9 Å². The van der Waals surface area contributed by atoms with Gasteiger partial charge in [-0.1, -0.05) is 31.1 Å². The van der Waals surface area contributed by atoms with E-state index in [4.69, 9.17) is 4.52 Å². The van der Waals surface area contributed by atoms with Crippen molar-refractivity contribution in [3.05, 3.63) is 52.7 Å². The average Bonchev–Trinajstić information content (AvgIpc) is 3.51. The van der Waals surface area contributed by atoms with Crippen LogP contribution in [0.4, 0.5) is 0 Å². The first kappa shape index (κ1) is 23.4. The van der Waals surface area contributed by atoms with Gasteiger partial charge < -0.3 is 20.1 Å². The molecule has 7 nitrogen and oxygen atoms in total. The number of aromatic hydroxyl groups is 2. The van der Waals surface area contributed by atoms with Crippen LogP contribution < -0.4 is 5.32 Å². The topological polar surface area (TPSA) is 98.8 Å². The van der Waals surface area contributed by atoms with E-state index in [1.807, 2.05) is 26.8 Å². The molecular formula is C28H33N3O4. The number of hydrogen-bond acceptors (Lipinski definition) is 6. The van der Waals surface area contributed by atoms with Gasteiger partial charge in [0.05, 0.1) is 11.1 Å². The monoisotopic (exact) mass is 475 g/mol. The highest BCUT2D eigenvalue weighted by Gasteiger charge is 2.45. The highest BCUT2D eigenvalue weighted by molar-refractivity contribution is 6.02. The van der Waals surface area contributed by atoms with Gasteiger partial charge in [0.25, 0.3) is 5.91 Å². The Labute approximate surface area is 205 Å². The zero-order valence-corrected chi connectivity index (χ0v) is 20.9. The molecule has 0 aliphatic carbocycles. The van der Waals surface area contributed by atoms with Crippen LogP contribution >= 0.6 is 0 Å². The third kappa shape index (κ3) is 3.69. The molecule has 0 saturated carbocycles. The molecule has 7 heteroatoms. The van der Waals surface area contributed by atoms with Crippen molar-refractivity contribution >= 4 is 5.91 Å². The molecule has 184 valence electrons. The van der Waals surface area contributed by atoms with Crippen molar-refractivity contribution < 1.29 is 19.5 Å². The molecule has 5 rings (SSSR count). The second-order valence-electron chi connectivity index (χ2n) is 10.2. The third-order valence-electron chi connectivity index (χ3n) is 7.38. The molecule has 3 N–H and O–H groups in total. The van der Waals surface area contributed by atoms with Crippen molar-refractivity contribution in [2.45, 2.75) is 71.5 Å². The van der Waals surface area contributed by atoms with Gasteiger partial charge in [-0.25, -0.2) is 0 Å². The van der Waals surface area contributed by atoms with Crippen LogP contribution in [0.5, 0.6) is 11.5 Å². The predicted molar refractivity (Wildman–Crippen MR) is 134 cm³/mol. The van der Waals surface area contributed by atoms with E-state index in [0.717, 1.165) is 18.4 Å². The first-order valence-corrected chi connectivity index (χ1v) is 12.5. The summed E-state index contributed by atoms with van der Waals surface area (Å²) in [4.78, 5) is 15.5. The van der Waals surface area contributed by atoms with E-state index < -0.39 is 0 Å². The molecule has 2 aliphatic rings. The lowest BCUT2D eigenvalue weighted by Gasteiger charge is -2.26. The van der Waals surface area contributed by atoms with Crippen LogP contribution in [0.3, 0.4) is 0 Å². The lowest BCUT2D eigenvalue weighted by molar-refractivity contribution is 0.0947. The van der Waals surface area contributed by atoms with E-state index in [-0.39, 0.29) is 29.0 Å². The predicted octanol–water partition coefficient (Wildman–Crippen LogP) is 5.89. The number of carbonyl (C=O) groups excluding carboxylic acids is 1. The highest BCUT2D eigenvalue weighted by Crippen LogP contribution is 2.55. The zero-order valence-electron chi connectivity index (χ0n) is 20.9. The standard InChI is InChI=1S/C28H33N3O4/c1-6-29-28(34)26-25(27(35-30-26)20-12-18(14(2)3)23(32)13-24(20)33)16-7-8-17-19(11-16)22-10-9-21(17)31(22)15(4)5/h7-8,11-15,21-22,32-33H,6,9-10H2,1-5H3,(H,29,34)/t21-,22?/m1/s1. The Hall–Kier alpha value is -3.32. The van der Waals surface area contributed by atoms with Gasteiger partial charge in [-0.05, 0) is 73.9 Å². The molecule has 2 bridgehead atoms. The molecule has 2 aromatic carbocycles. The van der Waals surface area contributed by atoms with Crippen LogP contribution in [-0.2, 0) is 0 Å². The minimum Gasteiger partial charge on any atom is -0.508 e. The first-order valence-electron chi connectivity index (χ1n) is 12.5. The Bertz CT molecular complexity index is 1290. The van der Waals surface area contributed by atoms with Gasteiger partial charge in [-0.15, -0.1) is 0 Å². The number of rotatable bonds is 6. The van der Waals surface area contributed by atoms with Gasteiger partial charge in [0, 0.05) is 30.7 Å². The van der Waals surface area contributed by atoms with Gasteiger partial charge in [0.1, 0.15) is 11.5 Å². The quantitative estimate of drug-likeness (QED) is 0.411. The molecule has 35 heavy (non-hydrogen) atoms. The van der Waals surface area contributed by atoms with Crippen molar-refractivity contribution in [3.63, 3.8) is 0 Å². The molecule has 2 atom stereocenters. The Morgan fingerprint density at radius 1 is 1.09 bits per heavy atom. The van der Waals surface area contributed by atoms with Crippen LogP contribution in [0, 0.1) is 0 Å². The summed E-state index contributed by atoms with van der Waals surface area (Å²) < 4.78 is 5.74. The van der Waals surface area contributed by atoms with Gasteiger partial charge in [0.2, 0.25) is 0 Å². The number of phenolic OH excluding ortho intramolecular Hbond substituents is 2. The maximum atomic E-state index is 13.0. The summed E-state index contributed by atoms with van der Waals surface area (Å²) in [5.41, 5.74) is 5.28. The van der Waals surface area contributed by atoms with Gasteiger partial charge in [0.15, 0.2) is 11.5 Å². The fourth-order valence-electron chi connectivity index (χ4n) is 5.88. The Balaban J connectivity index is 1.69. The molecule has 0 spiro atoms. The number of carbonyl (C=O) groups is 1. The number of hydrogen-bond donors (Lipinski definition) is 3. The van der Waals surface area contributed by atoms with Gasteiger partial charge in [-0.3, -0.25) is 9.69 Å². The minimum atomic E-state index is -0.328. The van der Waals surface area contributed by atoms with Crippen molar-refractivity contribution in [2.24, 2.45) is 0 Å². The highest BCUT2D eigenvalue weighted by atomic mass is 16.5. The molecular weight excluding hydrogens is 442 g/mol. The molecule has 3 aromatic rings. The molecule has 1 unspecified atom stereocenters. The van der Waals surface area contributed by atoms with Crippen molar-refractivity contribution in [1.82, 2.24) is 15.4 Å². The van der Waals surface area contributed by atoms with Crippen LogP contribution in [0.15, 0.2) is 34.9 Å². The molecule has 1 amide bonds. The maximum absolute atomic E-state index is 13.0. The summed E-state index contributed by atoms with van der Waals surface area (Å²) in [7, 11) is 0. The van der Waals surface area contributed by atoms with Crippen LogP contribution in [-0.4, -0.2) is 38.8 Å². The number of amides is 1. The summed E-state index contributed by atoms with van der Waals surface area (Å²) in [6.45, 7) is 10.7. The fraction of sp³-hybridized carbons (Fsp3) is 0.429. The second-order valence-corrected chi connectivity index (χ2v) is 10.2. The van der Waals surface area contributed by atoms with E-state index in [1.54, 1.807) is 6.07 Å². The second kappa shape index (κ2) is 8.72. The maximum Gasteiger partial charge on any atom is 0.274 e. The Kier molecular flexibility index (Phi) is 5.83. The van der Waals surface area contributed by atoms with Crippen molar-refractivity contribution in [2.75, 3.05) is 6.54 Å². The third-order valence-corrected chi connectivity index (χ3v) is 7.38. The molecule has 1 fully saturated rings. The largest absolute Gasteiger partial charge is 0.508 e. The first-order chi connectivity index (χ1) is 16.7. The summed E-state index contributed by atoms with van der Waals surface area (Å²) in [5.74, 6) is -0.0900. The zero-order chi connectivity index (χ0) is 25.0. The summed E-state index contributed by atoms with van der Waals surface area (Å²) in [5, 5.41) is 28.1. The molecule has 0 radical (unpaired) electrons. The van der Waals surface area contributed by atoms with Gasteiger partial charge in [-0.2, -0.15) is 0 Å². The number of phenols is 2. The lowest BCUT2D eigenvalue weighted by Crippen LogP contribution is -2.27. The van der Waals surface area contributed by atoms with Crippen LogP contribution in [0.2, 0.25) is 0 Å². The normalized spacial score (nSPS) is 19.1. The van der Waals surface area contributed by atoms with Gasteiger partial charge >= 0.3 is 0 Å². The van der Waals surface area contributed by atoms with Crippen LogP contribution in [0.25, 0.3) is 22.5 Å². The summed E-state index contributed by atoms with van der Waals surface area (Å²) in [6.07, 6.45) is 2.28. The number of nitrogens with zero attached hydrogens (tertiary/aromatic N) is 2. The molecule has 1 aromatic heterocycles. The average molecular weight is 476 g/mol. The Morgan fingerprint density at radius 3 is 2.46 bits per heavy atom. The van der Waals surface area contributed by atoms with E-state index in [2.05, 4.69) is 41.4 Å². The number of fused-ring (bicyclic) bond motifs is 5. The molecule has 1 saturated heterocycles. The van der Waals surface area contributed by atoms with E-state index in [0.29, 0.717) is 47.1 Å². The molecule has 2 aliphatic heterocycles. The summed E-state index contributed by atoms with van der Waals surface area (Å²) >= 11 is 0. The number of benzene rings is 2. The lowest BCUT2D eigenvalue weighted by atomic mass is 9.88. The van der Waals surface area contributed by atoms with E-state index >= 15 is 0 Å². The minimum absolute atomic E-state index is 0.0218. The Morgan fingerprint density at radius 2 is 1.80 bits per heavy atom. The number of aromatic nitrogens is 1. The fourth-order valence-corrected chi connectivity index (χ4v) is 5.88. The summed E-state index contributed by atoms with van der Waals surface area (Å²) in [6, 6.07) is 10.6. The van der Waals surface area contributed by atoms with E-state index in [9.17, 15) is 15.0 Å². The van der Waals surface area contributed by atoms with Crippen LogP contribution in [0.1, 0.15) is 92.6 Å². The van der Waals surface area contributed by atoms with Crippen molar-refractivity contribution in [1.29, 1.82) is 0 Å².